The van der Waals surface area contributed by atoms with E-state index in [4.69, 9.17) is 4.42 Å². The van der Waals surface area contributed by atoms with Crippen molar-refractivity contribution in [3.8, 4) is 10.8 Å². The van der Waals surface area contributed by atoms with Gasteiger partial charge in [-0.25, -0.2) is 4.98 Å². The van der Waals surface area contributed by atoms with Crippen molar-refractivity contribution in [2.24, 2.45) is 0 Å². The van der Waals surface area contributed by atoms with Crippen LogP contribution in [0.5, 0.6) is 0 Å². The number of aromatic nitrogens is 1. The minimum atomic E-state index is -0.519. The highest BCUT2D eigenvalue weighted by atomic mass is 32.1. The van der Waals surface area contributed by atoms with Gasteiger partial charge in [-0.1, -0.05) is 0 Å². The second kappa shape index (κ2) is 3.55. The maximum Gasteiger partial charge on any atom is 0.162 e. The summed E-state index contributed by atoms with van der Waals surface area (Å²) in [5, 5.41) is 10.3. The van der Waals surface area contributed by atoms with Crippen LogP contribution in [0.3, 0.4) is 0 Å². The average Bonchev–Trinajstić information content (AvgIpc) is 2.70. The van der Waals surface area contributed by atoms with Crippen LogP contribution in [0.25, 0.3) is 10.8 Å². The van der Waals surface area contributed by atoms with Crippen LogP contribution in [-0.4, -0.2) is 10.1 Å². The Morgan fingerprint density at radius 1 is 1.57 bits per heavy atom. The van der Waals surface area contributed by atoms with E-state index in [0.717, 1.165) is 21.3 Å². The molecule has 14 heavy (non-hydrogen) atoms. The Balaban J connectivity index is 2.43. The Hall–Kier alpha value is -1.13. The predicted octanol–water partition coefficient (Wildman–Crippen LogP) is 2.76. The average molecular weight is 209 g/mol. The maximum absolute atomic E-state index is 9.43. The van der Waals surface area contributed by atoms with Crippen LogP contribution in [-0.2, 0) is 0 Å². The highest BCUT2D eigenvalue weighted by Crippen LogP contribution is 2.30. The molecular formula is C10H11NO2S. The first-order chi connectivity index (χ1) is 6.68. The number of furan rings is 1. The first-order valence-electron chi connectivity index (χ1n) is 4.37. The molecule has 0 spiro atoms. The van der Waals surface area contributed by atoms with Crippen molar-refractivity contribution >= 4 is 11.3 Å². The molecule has 1 atom stereocenters. The van der Waals surface area contributed by atoms with Gasteiger partial charge < -0.3 is 9.52 Å². The second-order valence-corrected chi connectivity index (χ2v) is 4.32. The minimum absolute atomic E-state index is 0.519. The lowest BCUT2D eigenvalue weighted by molar-refractivity contribution is 0.194. The third kappa shape index (κ3) is 1.58. The number of hydrogen-bond acceptors (Lipinski definition) is 4. The molecule has 0 saturated carbocycles. The van der Waals surface area contributed by atoms with Gasteiger partial charge in [-0.15, -0.1) is 11.3 Å². The first kappa shape index (κ1) is 9.43. The fourth-order valence-corrected chi connectivity index (χ4v) is 2.27. The summed E-state index contributed by atoms with van der Waals surface area (Å²) in [5.74, 6) is 0.755. The number of rotatable bonds is 2. The maximum atomic E-state index is 9.43. The van der Waals surface area contributed by atoms with Crippen LogP contribution in [0.4, 0.5) is 0 Å². The number of aryl methyl sites for hydroxylation is 1. The zero-order valence-corrected chi connectivity index (χ0v) is 8.84. The van der Waals surface area contributed by atoms with Gasteiger partial charge >= 0.3 is 0 Å². The largest absolute Gasteiger partial charge is 0.462 e. The van der Waals surface area contributed by atoms with Gasteiger partial charge in [0.25, 0.3) is 0 Å². The van der Waals surface area contributed by atoms with Crippen molar-refractivity contribution in [3.63, 3.8) is 0 Å². The zero-order valence-electron chi connectivity index (χ0n) is 8.02. The molecule has 0 aliphatic carbocycles. The number of thiazole rings is 1. The summed E-state index contributed by atoms with van der Waals surface area (Å²) in [5.41, 5.74) is 0.737. The Kier molecular flexibility index (Phi) is 2.39. The molecule has 74 valence electrons. The second-order valence-electron chi connectivity index (χ2n) is 3.11. The fourth-order valence-electron chi connectivity index (χ4n) is 1.30. The van der Waals surface area contributed by atoms with Crippen LogP contribution in [0.15, 0.2) is 22.8 Å². The molecule has 2 heterocycles. The third-order valence-electron chi connectivity index (χ3n) is 1.96. The summed E-state index contributed by atoms with van der Waals surface area (Å²) in [6.07, 6.45) is 1.10. The molecule has 0 aliphatic heterocycles. The van der Waals surface area contributed by atoms with Crippen molar-refractivity contribution < 1.29 is 9.52 Å². The molecule has 1 unspecified atom stereocenters. The summed E-state index contributed by atoms with van der Waals surface area (Å²) in [4.78, 5) is 5.36. The summed E-state index contributed by atoms with van der Waals surface area (Å²) >= 11 is 1.54. The van der Waals surface area contributed by atoms with Crippen molar-refractivity contribution in [1.29, 1.82) is 0 Å². The lowest BCUT2D eigenvalue weighted by Crippen LogP contribution is -1.92. The van der Waals surface area contributed by atoms with Gasteiger partial charge in [0.15, 0.2) is 10.8 Å². The molecule has 3 nitrogen and oxygen atoms in total. The summed E-state index contributed by atoms with van der Waals surface area (Å²) in [6, 6.07) is 3.69. The number of aliphatic hydroxyl groups is 1. The molecule has 2 aromatic rings. The highest BCUT2D eigenvalue weighted by molar-refractivity contribution is 7.15. The van der Waals surface area contributed by atoms with E-state index < -0.39 is 6.10 Å². The SMILES string of the molecule is Cc1sc(-c2ccco2)nc1C(C)O. The summed E-state index contributed by atoms with van der Waals surface area (Å²) < 4.78 is 5.23. The molecular weight excluding hydrogens is 198 g/mol. The molecule has 0 amide bonds. The topological polar surface area (TPSA) is 46.3 Å². The molecule has 0 aliphatic rings. The summed E-state index contributed by atoms with van der Waals surface area (Å²) in [7, 11) is 0. The first-order valence-corrected chi connectivity index (χ1v) is 5.19. The van der Waals surface area contributed by atoms with Crippen LogP contribution >= 0.6 is 11.3 Å². The third-order valence-corrected chi connectivity index (χ3v) is 2.96. The van der Waals surface area contributed by atoms with Crippen molar-refractivity contribution in [1.82, 2.24) is 4.98 Å². The van der Waals surface area contributed by atoms with E-state index in [2.05, 4.69) is 4.98 Å². The van der Waals surface area contributed by atoms with Gasteiger partial charge in [0.1, 0.15) is 0 Å². The molecule has 0 bridgehead atoms. The number of aliphatic hydroxyl groups excluding tert-OH is 1. The van der Waals surface area contributed by atoms with Crippen LogP contribution in [0.1, 0.15) is 23.6 Å². The Labute approximate surface area is 86.0 Å². The predicted molar refractivity (Wildman–Crippen MR) is 55.2 cm³/mol. The Bertz CT molecular complexity index is 417. The van der Waals surface area contributed by atoms with Crippen LogP contribution in [0, 0.1) is 6.92 Å². The van der Waals surface area contributed by atoms with Gasteiger partial charge in [0.05, 0.1) is 18.1 Å². The van der Waals surface area contributed by atoms with Crippen LogP contribution in [0.2, 0.25) is 0 Å². The van der Waals surface area contributed by atoms with Crippen molar-refractivity contribution in [2.45, 2.75) is 20.0 Å². The molecule has 1 N–H and O–H groups in total. The van der Waals surface area contributed by atoms with Gasteiger partial charge in [0.2, 0.25) is 0 Å². The molecule has 0 saturated heterocycles. The monoisotopic (exact) mass is 209 g/mol. The number of nitrogens with zero attached hydrogens (tertiary/aromatic N) is 1. The van der Waals surface area contributed by atoms with E-state index in [1.54, 1.807) is 13.2 Å². The van der Waals surface area contributed by atoms with Gasteiger partial charge in [-0.3, -0.25) is 0 Å². The molecule has 2 aromatic heterocycles. The molecule has 2 rings (SSSR count). The quantitative estimate of drug-likeness (QED) is 0.827. The van der Waals surface area contributed by atoms with Crippen molar-refractivity contribution in [2.75, 3.05) is 0 Å². The van der Waals surface area contributed by atoms with Crippen LogP contribution < -0.4 is 0 Å². The van der Waals surface area contributed by atoms with E-state index in [0.29, 0.717) is 0 Å². The van der Waals surface area contributed by atoms with E-state index in [1.165, 1.54) is 11.3 Å². The van der Waals surface area contributed by atoms with Crippen molar-refractivity contribution in [3.05, 3.63) is 29.0 Å². The number of hydrogen-bond donors (Lipinski definition) is 1. The smallest absolute Gasteiger partial charge is 0.162 e. The van der Waals surface area contributed by atoms with E-state index >= 15 is 0 Å². The normalized spacial score (nSPS) is 13.1. The molecule has 0 aromatic carbocycles. The van der Waals surface area contributed by atoms with E-state index in [9.17, 15) is 5.11 Å². The minimum Gasteiger partial charge on any atom is -0.462 e. The molecule has 0 radical (unpaired) electrons. The zero-order chi connectivity index (χ0) is 10.1. The van der Waals surface area contributed by atoms with Gasteiger partial charge in [-0.05, 0) is 26.0 Å². The van der Waals surface area contributed by atoms with E-state index in [1.807, 2.05) is 19.1 Å². The molecule has 4 heteroatoms. The summed E-state index contributed by atoms with van der Waals surface area (Å²) in [6.45, 7) is 3.67. The lowest BCUT2D eigenvalue weighted by atomic mass is 10.2. The van der Waals surface area contributed by atoms with Gasteiger partial charge in [-0.2, -0.15) is 0 Å². The van der Waals surface area contributed by atoms with E-state index in [-0.39, 0.29) is 0 Å². The fraction of sp³-hybridized carbons (Fsp3) is 0.300. The Morgan fingerprint density at radius 3 is 2.86 bits per heavy atom. The highest BCUT2D eigenvalue weighted by Gasteiger charge is 2.14. The lowest BCUT2D eigenvalue weighted by Gasteiger charge is -1.98. The standard InChI is InChI=1S/C10H11NO2S/c1-6(12)9-7(2)14-10(11-9)8-4-3-5-13-8/h3-6,12H,1-2H3. The Morgan fingerprint density at radius 2 is 2.36 bits per heavy atom. The van der Waals surface area contributed by atoms with Gasteiger partial charge in [0, 0.05) is 4.88 Å². The molecule has 0 fully saturated rings.